The summed E-state index contributed by atoms with van der Waals surface area (Å²) in [5, 5.41) is 14.8. The molecule has 0 radical (unpaired) electrons. The van der Waals surface area contributed by atoms with Gasteiger partial charge in [-0.25, -0.2) is 13.4 Å². The zero-order chi connectivity index (χ0) is 17.8. The van der Waals surface area contributed by atoms with Gasteiger partial charge in [0.1, 0.15) is 10.7 Å². The van der Waals surface area contributed by atoms with E-state index in [2.05, 4.69) is 15.1 Å². The second-order valence-corrected chi connectivity index (χ2v) is 8.73. The van der Waals surface area contributed by atoms with E-state index in [0.29, 0.717) is 5.82 Å². The van der Waals surface area contributed by atoms with E-state index >= 15 is 0 Å². The van der Waals surface area contributed by atoms with Gasteiger partial charge in [-0.15, -0.1) is 0 Å². The zero-order valence-corrected chi connectivity index (χ0v) is 14.7. The minimum absolute atomic E-state index is 0.0456. The number of halogens is 1. The first kappa shape index (κ1) is 16.7. The van der Waals surface area contributed by atoms with Crippen LogP contribution in [0.15, 0.2) is 21.7 Å². The third kappa shape index (κ3) is 2.88. The Labute approximate surface area is 148 Å². The van der Waals surface area contributed by atoms with E-state index in [0.717, 1.165) is 17.1 Å². The van der Waals surface area contributed by atoms with Crippen LogP contribution in [0.4, 0.5) is 5.82 Å². The molecule has 1 saturated carbocycles. The van der Waals surface area contributed by atoms with Gasteiger partial charge in [0.05, 0.1) is 11.6 Å². The molecular weight excluding hydrogens is 370 g/mol. The Bertz CT molecular complexity index is 929. The van der Waals surface area contributed by atoms with Crippen molar-refractivity contribution in [1.82, 2.24) is 19.4 Å². The number of hydrogen-bond acceptors (Lipinski definition) is 8. The SMILES string of the molecule is Nc1ncc(Cl)cc1S(=O)(=O)N1CCC(O)(c2nc(C3CC3)no2)C1. The van der Waals surface area contributed by atoms with Crippen LogP contribution in [0.1, 0.15) is 36.9 Å². The van der Waals surface area contributed by atoms with Crippen molar-refractivity contribution in [2.75, 3.05) is 18.8 Å². The lowest BCUT2D eigenvalue weighted by Gasteiger charge is -2.20. The molecule has 134 valence electrons. The quantitative estimate of drug-likeness (QED) is 0.790. The second kappa shape index (κ2) is 5.63. The molecule has 4 rings (SSSR count). The molecule has 3 N–H and O–H groups in total. The molecule has 0 bridgehead atoms. The van der Waals surface area contributed by atoms with Crippen LogP contribution in [0.25, 0.3) is 0 Å². The van der Waals surface area contributed by atoms with Gasteiger partial charge in [-0.05, 0) is 18.9 Å². The van der Waals surface area contributed by atoms with Crippen molar-refractivity contribution >= 4 is 27.4 Å². The average Bonchev–Trinajstić information content (AvgIpc) is 3.13. The van der Waals surface area contributed by atoms with Gasteiger partial charge < -0.3 is 15.4 Å². The summed E-state index contributed by atoms with van der Waals surface area (Å²) in [6, 6.07) is 1.24. The van der Waals surface area contributed by atoms with Crippen molar-refractivity contribution in [3.05, 3.63) is 29.0 Å². The Morgan fingerprint density at radius 2 is 2.20 bits per heavy atom. The first-order chi connectivity index (χ1) is 11.8. The third-order valence-corrected chi connectivity index (χ3v) is 6.54. The maximum Gasteiger partial charge on any atom is 0.260 e. The normalized spacial score (nSPS) is 24.7. The summed E-state index contributed by atoms with van der Waals surface area (Å²) >= 11 is 5.84. The third-order valence-electron chi connectivity index (χ3n) is 4.46. The summed E-state index contributed by atoms with van der Waals surface area (Å²) in [5.74, 6) is 0.741. The van der Waals surface area contributed by atoms with Crippen LogP contribution in [-0.4, -0.2) is 46.0 Å². The zero-order valence-electron chi connectivity index (χ0n) is 13.1. The van der Waals surface area contributed by atoms with Gasteiger partial charge >= 0.3 is 0 Å². The molecule has 25 heavy (non-hydrogen) atoms. The fourth-order valence-corrected chi connectivity index (χ4v) is 4.66. The minimum atomic E-state index is -3.96. The number of nitrogens with zero attached hydrogens (tertiary/aromatic N) is 4. The van der Waals surface area contributed by atoms with Crippen molar-refractivity contribution in [2.24, 2.45) is 0 Å². The molecule has 11 heteroatoms. The molecule has 2 fully saturated rings. The lowest BCUT2D eigenvalue weighted by molar-refractivity contribution is 0.0194. The van der Waals surface area contributed by atoms with Gasteiger partial charge in [-0.2, -0.15) is 9.29 Å². The molecule has 2 aliphatic rings. The first-order valence-corrected chi connectivity index (χ1v) is 9.59. The molecule has 2 aromatic rings. The van der Waals surface area contributed by atoms with Crippen LogP contribution < -0.4 is 5.73 Å². The molecule has 1 aliphatic carbocycles. The Balaban J connectivity index is 1.61. The molecule has 1 atom stereocenters. The maximum atomic E-state index is 12.8. The average molecular weight is 386 g/mol. The summed E-state index contributed by atoms with van der Waals surface area (Å²) in [6.45, 7) is -0.112. The standard InChI is InChI=1S/C14H16ClN5O4S/c15-9-5-10(11(16)17-6-9)25(22,23)20-4-3-14(21,7-20)13-18-12(19-24-13)8-1-2-8/h5-6,8,21H,1-4,7H2,(H2,16,17). The van der Waals surface area contributed by atoms with E-state index in [1.54, 1.807) is 0 Å². The van der Waals surface area contributed by atoms with Crippen molar-refractivity contribution in [3.63, 3.8) is 0 Å². The highest BCUT2D eigenvalue weighted by molar-refractivity contribution is 7.89. The smallest absolute Gasteiger partial charge is 0.260 e. The summed E-state index contributed by atoms with van der Waals surface area (Å²) in [6.07, 6.45) is 3.42. The lowest BCUT2D eigenvalue weighted by atomic mass is 10.0. The number of β-amino-alcohol motifs (C(OH)–C–C–N with tert-alkyl or cyclic N) is 1. The first-order valence-electron chi connectivity index (χ1n) is 7.77. The maximum absolute atomic E-state index is 12.8. The summed E-state index contributed by atoms with van der Waals surface area (Å²) in [4.78, 5) is 7.83. The van der Waals surface area contributed by atoms with Gasteiger partial charge in [0.2, 0.25) is 10.0 Å². The predicted molar refractivity (Wildman–Crippen MR) is 87.2 cm³/mol. The van der Waals surface area contributed by atoms with Crippen molar-refractivity contribution < 1.29 is 18.0 Å². The predicted octanol–water partition coefficient (Wildman–Crippen LogP) is 0.860. The Morgan fingerprint density at radius 1 is 1.44 bits per heavy atom. The van der Waals surface area contributed by atoms with E-state index < -0.39 is 15.6 Å². The summed E-state index contributed by atoms with van der Waals surface area (Å²) in [5.41, 5.74) is 4.17. The number of nitrogen functional groups attached to an aromatic ring is 1. The van der Waals surface area contributed by atoms with Crippen LogP contribution >= 0.6 is 11.6 Å². The fraction of sp³-hybridized carbons (Fsp3) is 0.500. The van der Waals surface area contributed by atoms with E-state index in [1.165, 1.54) is 12.3 Å². The molecule has 1 aliphatic heterocycles. The highest BCUT2D eigenvalue weighted by atomic mass is 35.5. The Morgan fingerprint density at radius 3 is 2.92 bits per heavy atom. The molecule has 1 saturated heterocycles. The van der Waals surface area contributed by atoms with Gasteiger partial charge in [0.15, 0.2) is 11.4 Å². The summed E-state index contributed by atoms with van der Waals surface area (Å²) < 4.78 is 31.9. The number of sulfonamides is 1. The Hall–Kier alpha value is -1.75. The largest absolute Gasteiger partial charge is 0.383 e. The fourth-order valence-electron chi connectivity index (χ4n) is 2.85. The topological polar surface area (TPSA) is 135 Å². The minimum Gasteiger partial charge on any atom is -0.383 e. The van der Waals surface area contributed by atoms with E-state index in [1.807, 2.05) is 0 Å². The second-order valence-electron chi connectivity index (χ2n) is 6.39. The molecule has 3 heterocycles. The van der Waals surface area contributed by atoms with E-state index in [-0.39, 0.29) is 47.1 Å². The highest BCUT2D eigenvalue weighted by Crippen LogP contribution is 2.40. The van der Waals surface area contributed by atoms with E-state index in [4.69, 9.17) is 21.9 Å². The van der Waals surface area contributed by atoms with Gasteiger partial charge in [0.25, 0.3) is 5.89 Å². The summed E-state index contributed by atoms with van der Waals surface area (Å²) in [7, 11) is -3.96. The monoisotopic (exact) mass is 385 g/mol. The van der Waals surface area contributed by atoms with Gasteiger partial charge in [-0.3, -0.25) is 0 Å². The number of anilines is 1. The highest BCUT2D eigenvalue weighted by Gasteiger charge is 2.47. The number of aliphatic hydroxyl groups is 1. The molecule has 0 aromatic carbocycles. The molecular formula is C14H16ClN5O4S. The van der Waals surface area contributed by atoms with Crippen LogP contribution in [-0.2, 0) is 15.6 Å². The van der Waals surface area contributed by atoms with Crippen LogP contribution in [0, 0.1) is 0 Å². The van der Waals surface area contributed by atoms with Crippen molar-refractivity contribution in [1.29, 1.82) is 0 Å². The lowest BCUT2D eigenvalue weighted by Crippen LogP contribution is -2.35. The molecule has 1 unspecified atom stereocenters. The Kier molecular flexibility index (Phi) is 3.76. The molecule has 2 aromatic heterocycles. The number of pyridine rings is 1. The van der Waals surface area contributed by atoms with Crippen LogP contribution in [0.3, 0.4) is 0 Å². The number of aromatic nitrogens is 3. The van der Waals surface area contributed by atoms with Crippen molar-refractivity contribution in [3.8, 4) is 0 Å². The molecule has 9 nitrogen and oxygen atoms in total. The molecule has 0 spiro atoms. The van der Waals surface area contributed by atoms with Gasteiger partial charge in [0, 0.05) is 25.1 Å². The molecule has 0 amide bonds. The van der Waals surface area contributed by atoms with E-state index in [9.17, 15) is 13.5 Å². The van der Waals surface area contributed by atoms with Gasteiger partial charge in [-0.1, -0.05) is 16.8 Å². The number of rotatable bonds is 4. The number of nitrogens with two attached hydrogens (primary N) is 1. The van der Waals surface area contributed by atoms with Crippen LogP contribution in [0.5, 0.6) is 0 Å². The van der Waals surface area contributed by atoms with Crippen LogP contribution in [0.2, 0.25) is 5.02 Å². The van der Waals surface area contributed by atoms with Crippen molar-refractivity contribution in [2.45, 2.75) is 35.7 Å². The number of hydrogen-bond donors (Lipinski definition) is 2.